The molecule has 1 aromatic rings. The molecule has 0 fully saturated rings. The topological polar surface area (TPSA) is 84.2 Å². The van der Waals surface area contributed by atoms with Crippen molar-refractivity contribution in [3.8, 4) is 0 Å². The van der Waals surface area contributed by atoms with Crippen LogP contribution in [0, 0.1) is 5.41 Å². The number of nitrogen functional groups attached to an aromatic ring is 1. The van der Waals surface area contributed by atoms with Crippen LogP contribution in [-0.2, 0) is 16.0 Å². The van der Waals surface area contributed by atoms with Gasteiger partial charge in [-0.1, -0.05) is 32.9 Å². The van der Waals surface area contributed by atoms with Crippen molar-refractivity contribution >= 4 is 17.5 Å². The maximum absolute atomic E-state index is 11.9. The molecular formula is C16H25N3O2. The molecule has 0 spiro atoms. The van der Waals surface area contributed by atoms with E-state index >= 15 is 0 Å². The number of nitrogens with two attached hydrogens (primary N) is 1. The van der Waals surface area contributed by atoms with Gasteiger partial charge in [0.2, 0.25) is 11.8 Å². The van der Waals surface area contributed by atoms with Gasteiger partial charge >= 0.3 is 0 Å². The van der Waals surface area contributed by atoms with Gasteiger partial charge < -0.3 is 16.4 Å². The summed E-state index contributed by atoms with van der Waals surface area (Å²) < 4.78 is 0. The third-order valence-corrected chi connectivity index (χ3v) is 3.11. The summed E-state index contributed by atoms with van der Waals surface area (Å²) in [6.45, 7) is 7.65. The van der Waals surface area contributed by atoms with Gasteiger partial charge in [0.1, 0.15) is 6.04 Å². The number of carbonyl (C=O) groups excluding carboxylic acids is 2. The molecule has 5 nitrogen and oxygen atoms in total. The van der Waals surface area contributed by atoms with Crippen molar-refractivity contribution in [3.05, 3.63) is 29.8 Å². The lowest BCUT2D eigenvalue weighted by atomic mass is 9.95. The standard InChI is InChI=1S/C16H25N3O2/c1-11(19-15(21)16(2,3)4)14(20)18-10-9-12-5-7-13(17)8-6-12/h5-8,11H,9-10,17H2,1-4H3,(H,18,20)(H,19,21). The third kappa shape index (κ3) is 5.85. The van der Waals surface area contributed by atoms with Crippen LogP contribution in [0.2, 0.25) is 0 Å². The van der Waals surface area contributed by atoms with Gasteiger partial charge in [-0.25, -0.2) is 0 Å². The van der Waals surface area contributed by atoms with E-state index in [1.54, 1.807) is 6.92 Å². The minimum absolute atomic E-state index is 0.135. The van der Waals surface area contributed by atoms with Crippen LogP contribution in [0.1, 0.15) is 33.3 Å². The second kappa shape index (κ2) is 7.11. The molecule has 1 unspecified atom stereocenters. The van der Waals surface area contributed by atoms with Gasteiger partial charge in [-0.15, -0.1) is 0 Å². The van der Waals surface area contributed by atoms with Crippen LogP contribution in [0.5, 0.6) is 0 Å². The molecule has 1 rings (SSSR count). The molecule has 0 aliphatic heterocycles. The first-order chi connectivity index (χ1) is 9.70. The Morgan fingerprint density at radius 2 is 1.76 bits per heavy atom. The zero-order valence-corrected chi connectivity index (χ0v) is 13.2. The molecule has 0 aliphatic rings. The van der Waals surface area contributed by atoms with Crippen LogP contribution < -0.4 is 16.4 Å². The van der Waals surface area contributed by atoms with Crippen molar-refractivity contribution in [1.29, 1.82) is 0 Å². The molecule has 0 bridgehead atoms. The largest absolute Gasteiger partial charge is 0.399 e. The van der Waals surface area contributed by atoms with E-state index in [9.17, 15) is 9.59 Å². The first-order valence-electron chi connectivity index (χ1n) is 7.13. The number of anilines is 1. The first kappa shape index (κ1) is 17.0. The fourth-order valence-corrected chi connectivity index (χ4v) is 1.65. The quantitative estimate of drug-likeness (QED) is 0.718. The number of hydrogen-bond donors (Lipinski definition) is 3. The molecule has 116 valence electrons. The zero-order chi connectivity index (χ0) is 16.0. The Hall–Kier alpha value is -2.04. The Kier molecular flexibility index (Phi) is 5.76. The summed E-state index contributed by atoms with van der Waals surface area (Å²) in [6.07, 6.45) is 0.728. The Balaban J connectivity index is 2.36. The van der Waals surface area contributed by atoms with Crippen LogP contribution >= 0.6 is 0 Å². The second-order valence-corrected chi connectivity index (χ2v) is 6.23. The van der Waals surface area contributed by atoms with Crippen molar-refractivity contribution in [2.45, 2.75) is 40.2 Å². The SMILES string of the molecule is CC(NC(=O)C(C)(C)C)C(=O)NCCc1ccc(N)cc1. The van der Waals surface area contributed by atoms with Crippen LogP contribution in [0.3, 0.4) is 0 Å². The number of nitrogens with one attached hydrogen (secondary N) is 2. The first-order valence-corrected chi connectivity index (χ1v) is 7.13. The fourth-order valence-electron chi connectivity index (χ4n) is 1.65. The highest BCUT2D eigenvalue weighted by Gasteiger charge is 2.24. The van der Waals surface area contributed by atoms with Crippen LogP contribution in [0.4, 0.5) is 5.69 Å². The summed E-state index contributed by atoms with van der Waals surface area (Å²) in [5, 5.41) is 5.53. The summed E-state index contributed by atoms with van der Waals surface area (Å²) in [7, 11) is 0. The van der Waals surface area contributed by atoms with E-state index in [1.165, 1.54) is 0 Å². The van der Waals surface area contributed by atoms with Crippen LogP contribution in [-0.4, -0.2) is 24.4 Å². The summed E-state index contributed by atoms with van der Waals surface area (Å²) in [5.41, 5.74) is 6.94. The average molecular weight is 291 g/mol. The molecule has 0 saturated heterocycles. The molecule has 5 heteroatoms. The molecule has 1 aromatic carbocycles. The molecule has 0 radical (unpaired) electrons. The monoisotopic (exact) mass is 291 g/mol. The minimum atomic E-state index is -0.539. The maximum atomic E-state index is 11.9. The van der Waals surface area contributed by atoms with Gasteiger partial charge in [-0.05, 0) is 31.0 Å². The van der Waals surface area contributed by atoms with Gasteiger partial charge in [-0.3, -0.25) is 9.59 Å². The van der Waals surface area contributed by atoms with E-state index in [1.807, 2.05) is 45.0 Å². The zero-order valence-electron chi connectivity index (χ0n) is 13.2. The summed E-state index contributed by atoms with van der Waals surface area (Å²) in [6, 6.07) is 7.01. The highest BCUT2D eigenvalue weighted by Crippen LogP contribution is 2.12. The lowest BCUT2D eigenvalue weighted by Crippen LogP contribution is -2.48. The fraction of sp³-hybridized carbons (Fsp3) is 0.500. The smallest absolute Gasteiger partial charge is 0.242 e. The number of amides is 2. The molecule has 21 heavy (non-hydrogen) atoms. The molecule has 0 heterocycles. The van der Waals surface area contributed by atoms with Gasteiger partial charge in [0.05, 0.1) is 0 Å². The molecule has 0 aromatic heterocycles. The van der Waals surface area contributed by atoms with E-state index in [4.69, 9.17) is 5.73 Å². The number of hydrogen-bond acceptors (Lipinski definition) is 3. The van der Waals surface area contributed by atoms with Crippen LogP contribution in [0.25, 0.3) is 0 Å². The predicted molar refractivity (Wildman–Crippen MR) is 84.6 cm³/mol. The van der Waals surface area contributed by atoms with E-state index in [0.29, 0.717) is 6.54 Å². The van der Waals surface area contributed by atoms with Crippen molar-refractivity contribution in [1.82, 2.24) is 10.6 Å². The van der Waals surface area contributed by atoms with E-state index in [2.05, 4.69) is 10.6 Å². The Bertz CT molecular complexity index is 489. The molecule has 2 amide bonds. The van der Waals surface area contributed by atoms with Gasteiger partial charge in [0.25, 0.3) is 0 Å². The van der Waals surface area contributed by atoms with Crippen LogP contribution in [0.15, 0.2) is 24.3 Å². The van der Waals surface area contributed by atoms with Gasteiger partial charge in [0.15, 0.2) is 0 Å². The highest BCUT2D eigenvalue weighted by atomic mass is 16.2. The molecule has 1 atom stereocenters. The Morgan fingerprint density at radius 1 is 1.19 bits per heavy atom. The average Bonchev–Trinajstić information content (AvgIpc) is 2.39. The summed E-state index contributed by atoms with van der Waals surface area (Å²) in [4.78, 5) is 23.7. The van der Waals surface area contributed by atoms with Gasteiger partial charge in [0, 0.05) is 17.6 Å². The van der Waals surface area contributed by atoms with E-state index in [0.717, 1.165) is 17.7 Å². The van der Waals surface area contributed by atoms with Crippen molar-refractivity contribution in [2.75, 3.05) is 12.3 Å². The second-order valence-electron chi connectivity index (χ2n) is 6.23. The highest BCUT2D eigenvalue weighted by molar-refractivity contribution is 5.89. The number of benzene rings is 1. The van der Waals surface area contributed by atoms with E-state index < -0.39 is 11.5 Å². The maximum Gasteiger partial charge on any atom is 0.242 e. The van der Waals surface area contributed by atoms with Crippen molar-refractivity contribution in [2.24, 2.45) is 5.41 Å². The third-order valence-electron chi connectivity index (χ3n) is 3.11. The molecule has 0 aliphatic carbocycles. The molecule has 4 N–H and O–H groups in total. The number of rotatable bonds is 5. The Labute approximate surface area is 126 Å². The lowest BCUT2D eigenvalue weighted by molar-refractivity contribution is -0.133. The van der Waals surface area contributed by atoms with E-state index in [-0.39, 0.29) is 11.8 Å². The lowest BCUT2D eigenvalue weighted by Gasteiger charge is -2.21. The van der Waals surface area contributed by atoms with Gasteiger partial charge in [-0.2, -0.15) is 0 Å². The van der Waals surface area contributed by atoms with Crippen molar-refractivity contribution < 1.29 is 9.59 Å². The normalized spacial score (nSPS) is 12.6. The summed E-state index contributed by atoms with van der Waals surface area (Å²) >= 11 is 0. The molecular weight excluding hydrogens is 266 g/mol. The van der Waals surface area contributed by atoms with Crippen molar-refractivity contribution in [3.63, 3.8) is 0 Å². The minimum Gasteiger partial charge on any atom is -0.399 e. The Morgan fingerprint density at radius 3 is 2.29 bits per heavy atom. The summed E-state index contributed by atoms with van der Waals surface area (Å²) in [5.74, 6) is -0.313. The number of carbonyl (C=O) groups is 2. The predicted octanol–water partition coefficient (Wildman–Crippen LogP) is 1.48. The molecule has 0 saturated carbocycles.